The van der Waals surface area contributed by atoms with E-state index in [1.165, 1.54) is 6.33 Å². The highest BCUT2D eigenvalue weighted by atomic mass is 16.5. The number of nitrogens with zero attached hydrogens (tertiary/aromatic N) is 3. The number of ether oxygens (including phenoxy) is 1. The fraction of sp³-hybridized carbons (Fsp3) is 0.250. The van der Waals surface area contributed by atoms with Gasteiger partial charge in [-0.2, -0.15) is 5.10 Å². The minimum absolute atomic E-state index is 0.0803. The lowest BCUT2D eigenvalue weighted by Gasteiger charge is -2.21. The van der Waals surface area contributed by atoms with Crippen LogP contribution in [0, 0.1) is 0 Å². The number of carbonyl (C=O) groups excluding carboxylic acids is 1. The Morgan fingerprint density at radius 1 is 1.26 bits per heavy atom. The van der Waals surface area contributed by atoms with Gasteiger partial charge >= 0.3 is 0 Å². The quantitative estimate of drug-likeness (QED) is 0.728. The first-order valence-electron chi connectivity index (χ1n) is 8.89. The van der Waals surface area contributed by atoms with Crippen molar-refractivity contribution >= 4 is 11.6 Å². The lowest BCUT2D eigenvalue weighted by atomic mass is 10.1. The normalized spacial score (nSPS) is 16.3. The predicted octanol–water partition coefficient (Wildman–Crippen LogP) is 2.49. The van der Waals surface area contributed by atoms with Gasteiger partial charge in [0.1, 0.15) is 12.1 Å². The molecule has 1 atom stereocenters. The molecule has 0 saturated carbocycles. The molecule has 27 heavy (non-hydrogen) atoms. The third kappa shape index (κ3) is 3.62. The molecule has 3 aromatic rings. The number of rotatable bonds is 5. The van der Waals surface area contributed by atoms with E-state index in [9.17, 15) is 4.79 Å². The Labute approximate surface area is 157 Å². The van der Waals surface area contributed by atoms with Crippen LogP contribution in [-0.4, -0.2) is 47.3 Å². The molecule has 1 aliphatic rings. The fourth-order valence-corrected chi connectivity index (χ4v) is 3.41. The van der Waals surface area contributed by atoms with Crippen LogP contribution in [0.2, 0.25) is 0 Å². The van der Waals surface area contributed by atoms with Crippen molar-refractivity contribution in [1.29, 1.82) is 0 Å². The summed E-state index contributed by atoms with van der Waals surface area (Å²) >= 11 is 0. The molecule has 0 spiro atoms. The number of nitrogens with one attached hydrogen (secondary N) is 2. The van der Waals surface area contributed by atoms with E-state index in [2.05, 4.69) is 25.4 Å². The first-order chi connectivity index (χ1) is 13.2. The number of para-hydroxylation sites is 2. The molecule has 0 aliphatic carbocycles. The average molecular weight is 363 g/mol. The third-order valence-corrected chi connectivity index (χ3v) is 4.76. The Kier molecular flexibility index (Phi) is 4.74. The summed E-state index contributed by atoms with van der Waals surface area (Å²) in [4.78, 5) is 19.1. The molecule has 1 amide bonds. The molecule has 0 radical (unpaired) electrons. The van der Waals surface area contributed by atoms with Gasteiger partial charge < -0.3 is 15.0 Å². The summed E-state index contributed by atoms with van der Waals surface area (Å²) in [5, 5.41) is 9.81. The van der Waals surface area contributed by atoms with Gasteiger partial charge in [-0.05, 0) is 30.7 Å². The third-order valence-electron chi connectivity index (χ3n) is 4.76. The molecule has 7 heteroatoms. The lowest BCUT2D eigenvalue weighted by molar-refractivity contribution is 0.0940. The van der Waals surface area contributed by atoms with E-state index >= 15 is 0 Å². The Morgan fingerprint density at radius 3 is 2.96 bits per heavy atom. The lowest BCUT2D eigenvalue weighted by Crippen LogP contribution is -2.37. The summed E-state index contributed by atoms with van der Waals surface area (Å²) in [5.74, 6) is 1.42. The van der Waals surface area contributed by atoms with E-state index in [-0.39, 0.29) is 11.9 Å². The molecule has 4 rings (SSSR count). The maximum absolute atomic E-state index is 12.7. The van der Waals surface area contributed by atoms with E-state index in [0.717, 1.165) is 36.5 Å². The van der Waals surface area contributed by atoms with Crippen molar-refractivity contribution in [3.63, 3.8) is 0 Å². The van der Waals surface area contributed by atoms with E-state index < -0.39 is 0 Å². The predicted molar refractivity (Wildman–Crippen MR) is 103 cm³/mol. The number of aromatic amines is 1. The zero-order valence-corrected chi connectivity index (χ0v) is 15.1. The number of carbonyl (C=O) groups is 1. The van der Waals surface area contributed by atoms with Crippen molar-refractivity contribution in [2.45, 2.75) is 12.5 Å². The Balaban J connectivity index is 1.43. The highest BCUT2D eigenvalue weighted by Gasteiger charge is 2.26. The fourth-order valence-electron chi connectivity index (χ4n) is 3.41. The minimum atomic E-state index is -0.0803. The molecule has 1 aromatic heterocycles. The van der Waals surface area contributed by atoms with Crippen molar-refractivity contribution in [3.8, 4) is 17.1 Å². The maximum Gasteiger partial charge on any atom is 0.251 e. The Morgan fingerprint density at radius 2 is 2.15 bits per heavy atom. The first kappa shape index (κ1) is 17.1. The van der Waals surface area contributed by atoms with Crippen LogP contribution in [0.25, 0.3) is 11.4 Å². The van der Waals surface area contributed by atoms with E-state index in [1.54, 1.807) is 7.11 Å². The molecule has 0 bridgehead atoms. The Hall–Kier alpha value is -3.35. The van der Waals surface area contributed by atoms with Gasteiger partial charge in [-0.1, -0.05) is 24.3 Å². The summed E-state index contributed by atoms with van der Waals surface area (Å²) < 4.78 is 5.45. The minimum Gasteiger partial charge on any atom is -0.495 e. The molecule has 1 unspecified atom stereocenters. The maximum atomic E-state index is 12.7. The van der Waals surface area contributed by atoms with Crippen LogP contribution in [0.3, 0.4) is 0 Å². The van der Waals surface area contributed by atoms with Gasteiger partial charge in [0.25, 0.3) is 5.91 Å². The molecule has 1 fully saturated rings. The molecule has 1 saturated heterocycles. The number of benzene rings is 2. The second kappa shape index (κ2) is 7.49. The standard InChI is InChI=1S/C20H21N5O2/c1-27-18-8-3-2-7-17(18)25-10-9-16(12-25)23-20(26)15-6-4-5-14(11-15)19-21-13-22-24-19/h2-8,11,13,16H,9-10,12H2,1H3,(H,23,26)(H,21,22,24). The second-order valence-electron chi connectivity index (χ2n) is 6.49. The smallest absolute Gasteiger partial charge is 0.251 e. The molecular formula is C20H21N5O2. The van der Waals surface area contributed by atoms with Crippen molar-refractivity contribution < 1.29 is 9.53 Å². The second-order valence-corrected chi connectivity index (χ2v) is 6.49. The van der Waals surface area contributed by atoms with Gasteiger partial charge in [0.05, 0.1) is 12.8 Å². The zero-order valence-electron chi connectivity index (χ0n) is 15.1. The molecule has 138 valence electrons. The van der Waals surface area contributed by atoms with Crippen LogP contribution < -0.4 is 15.0 Å². The van der Waals surface area contributed by atoms with E-state index in [1.807, 2.05) is 48.5 Å². The molecule has 1 aliphatic heterocycles. The van der Waals surface area contributed by atoms with Crippen LogP contribution in [0.4, 0.5) is 5.69 Å². The van der Waals surface area contributed by atoms with Crippen LogP contribution in [0.5, 0.6) is 5.75 Å². The summed E-state index contributed by atoms with van der Waals surface area (Å²) in [6.07, 6.45) is 2.35. The van der Waals surface area contributed by atoms with Gasteiger partial charge in [0, 0.05) is 30.3 Å². The highest BCUT2D eigenvalue weighted by molar-refractivity contribution is 5.95. The molecule has 2 heterocycles. The summed E-state index contributed by atoms with van der Waals surface area (Å²) in [5.41, 5.74) is 2.51. The number of anilines is 1. The van der Waals surface area contributed by atoms with Gasteiger partial charge in [0.2, 0.25) is 0 Å². The number of methoxy groups -OCH3 is 1. The van der Waals surface area contributed by atoms with Gasteiger partial charge in [-0.15, -0.1) is 0 Å². The molecule has 2 aromatic carbocycles. The number of amides is 1. The summed E-state index contributed by atoms with van der Waals surface area (Å²) in [6, 6.07) is 15.4. The van der Waals surface area contributed by atoms with Crippen molar-refractivity contribution in [3.05, 3.63) is 60.4 Å². The molecular weight excluding hydrogens is 342 g/mol. The van der Waals surface area contributed by atoms with Crippen LogP contribution >= 0.6 is 0 Å². The van der Waals surface area contributed by atoms with E-state index in [4.69, 9.17) is 4.74 Å². The van der Waals surface area contributed by atoms with Crippen LogP contribution in [0.15, 0.2) is 54.9 Å². The van der Waals surface area contributed by atoms with Crippen molar-refractivity contribution in [2.75, 3.05) is 25.1 Å². The summed E-state index contributed by atoms with van der Waals surface area (Å²) in [6.45, 7) is 1.64. The monoisotopic (exact) mass is 363 g/mol. The van der Waals surface area contributed by atoms with Gasteiger partial charge in [-0.3, -0.25) is 9.89 Å². The Bertz CT molecular complexity index is 926. The van der Waals surface area contributed by atoms with Crippen LogP contribution in [-0.2, 0) is 0 Å². The van der Waals surface area contributed by atoms with Gasteiger partial charge in [-0.25, -0.2) is 4.98 Å². The van der Waals surface area contributed by atoms with Gasteiger partial charge in [0.15, 0.2) is 5.82 Å². The van der Waals surface area contributed by atoms with Crippen LogP contribution in [0.1, 0.15) is 16.8 Å². The van der Waals surface area contributed by atoms with Crippen molar-refractivity contribution in [2.24, 2.45) is 0 Å². The highest BCUT2D eigenvalue weighted by Crippen LogP contribution is 2.30. The number of H-pyrrole nitrogens is 1. The van der Waals surface area contributed by atoms with E-state index in [0.29, 0.717) is 11.4 Å². The number of hydrogen-bond donors (Lipinski definition) is 2. The molecule has 2 N–H and O–H groups in total. The topological polar surface area (TPSA) is 83.1 Å². The van der Waals surface area contributed by atoms with Crippen molar-refractivity contribution in [1.82, 2.24) is 20.5 Å². The largest absolute Gasteiger partial charge is 0.495 e. The number of hydrogen-bond acceptors (Lipinski definition) is 5. The average Bonchev–Trinajstić information content (AvgIpc) is 3.40. The molecule has 7 nitrogen and oxygen atoms in total. The first-order valence-corrected chi connectivity index (χ1v) is 8.89. The number of aromatic nitrogens is 3. The summed E-state index contributed by atoms with van der Waals surface area (Å²) in [7, 11) is 1.68. The zero-order chi connectivity index (χ0) is 18.6. The SMILES string of the molecule is COc1ccccc1N1CCC(NC(=O)c2cccc(-c3ncn[nH]3)c2)C1.